The standard InChI is InChI=1S/C13H20N2O2/c1-8-5-10(16)6-9(2)11(8)7-12(13(14)17)15(3)4/h5-6,12,16H,7H2,1-4H3,(H2,14,17)/t12-/m0/s1. The molecule has 0 unspecified atom stereocenters. The largest absolute Gasteiger partial charge is 0.508 e. The maximum atomic E-state index is 11.4. The maximum Gasteiger partial charge on any atom is 0.235 e. The minimum atomic E-state index is -0.332. The Morgan fingerprint density at radius 1 is 1.35 bits per heavy atom. The summed E-state index contributed by atoms with van der Waals surface area (Å²) in [7, 11) is 3.67. The molecule has 1 aromatic rings. The summed E-state index contributed by atoms with van der Waals surface area (Å²) in [6.45, 7) is 3.85. The minimum absolute atomic E-state index is 0.254. The van der Waals surface area contributed by atoms with Gasteiger partial charge in [-0.15, -0.1) is 0 Å². The van der Waals surface area contributed by atoms with Gasteiger partial charge in [0.05, 0.1) is 6.04 Å². The molecule has 4 heteroatoms. The summed E-state index contributed by atoms with van der Waals surface area (Å²) in [6, 6.07) is 3.09. The number of hydrogen-bond donors (Lipinski definition) is 2. The molecule has 0 aliphatic heterocycles. The normalized spacial score (nSPS) is 12.8. The molecule has 0 saturated heterocycles. The first-order chi connectivity index (χ1) is 7.82. The van der Waals surface area contributed by atoms with Gasteiger partial charge in [-0.25, -0.2) is 0 Å². The van der Waals surface area contributed by atoms with Crippen LogP contribution in [0, 0.1) is 13.8 Å². The molecule has 0 aliphatic rings. The lowest BCUT2D eigenvalue weighted by Gasteiger charge is -2.23. The van der Waals surface area contributed by atoms with Crippen LogP contribution in [0.2, 0.25) is 0 Å². The zero-order chi connectivity index (χ0) is 13.2. The molecular formula is C13H20N2O2. The number of aromatic hydroxyl groups is 1. The van der Waals surface area contributed by atoms with E-state index in [2.05, 4.69) is 0 Å². The Bertz CT molecular complexity index is 404. The minimum Gasteiger partial charge on any atom is -0.508 e. The van der Waals surface area contributed by atoms with Crippen LogP contribution in [0.3, 0.4) is 0 Å². The highest BCUT2D eigenvalue weighted by Gasteiger charge is 2.20. The van der Waals surface area contributed by atoms with E-state index in [0.717, 1.165) is 16.7 Å². The van der Waals surface area contributed by atoms with Crippen LogP contribution in [0.1, 0.15) is 16.7 Å². The molecule has 3 N–H and O–H groups in total. The summed E-state index contributed by atoms with van der Waals surface area (Å²) in [5.41, 5.74) is 8.42. The number of hydrogen-bond acceptors (Lipinski definition) is 3. The number of phenols is 1. The lowest BCUT2D eigenvalue weighted by molar-refractivity contribution is -0.122. The molecule has 0 bridgehead atoms. The average Bonchev–Trinajstić information content (AvgIpc) is 2.14. The average molecular weight is 236 g/mol. The van der Waals surface area contributed by atoms with Crippen LogP contribution < -0.4 is 5.73 Å². The molecule has 1 aromatic carbocycles. The Balaban J connectivity index is 3.05. The van der Waals surface area contributed by atoms with E-state index in [1.807, 2.05) is 32.8 Å². The Morgan fingerprint density at radius 2 is 1.82 bits per heavy atom. The van der Waals surface area contributed by atoms with E-state index in [4.69, 9.17) is 5.73 Å². The summed E-state index contributed by atoms with van der Waals surface area (Å²) in [4.78, 5) is 13.2. The van der Waals surface area contributed by atoms with Crippen LogP contribution in [0.15, 0.2) is 12.1 Å². The van der Waals surface area contributed by atoms with Gasteiger partial charge in [0, 0.05) is 0 Å². The third-order valence-corrected chi connectivity index (χ3v) is 3.03. The number of likely N-dealkylation sites (N-methyl/N-ethyl adjacent to an activating group) is 1. The van der Waals surface area contributed by atoms with E-state index in [1.54, 1.807) is 12.1 Å². The molecule has 0 radical (unpaired) electrons. The number of aryl methyl sites for hydroxylation is 2. The van der Waals surface area contributed by atoms with Crippen LogP contribution >= 0.6 is 0 Å². The van der Waals surface area contributed by atoms with E-state index in [0.29, 0.717) is 6.42 Å². The van der Waals surface area contributed by atoms with Crippen LogP contribution in [0.25, 0.3) is 0 Å². The van der Waals surface area contributed by atoms with Crippen molar-refractivity contribution in [2.24, 2.45) is 5.73 Å². The van der Waals surface area contributed by atoms with E-state index in [1.165, 1.54) is 0 Å². The van der Waals surface area contributed by atoms with Crippen LogP contribution in [-0.2, 0) is 11.2 Å². The van der Waals surface area contributed by atoms with Crippen LogP contribution in [-0.4, -0.2) is 36.1 Å². The number of nitrogens with zero attached hydrogens (tertiary/aromatic N) is 1. The first kappa shape index (κ1) is 13.5. The van der Waals surface area contributed by atoms with Crippen LogP contribution in [0.5, 0.6) is 5.75 Å². The number of carbonyl (C=O) groups excluding carboxylic acids is 1. The highest BCUT2D eigenvalue weighted by Crippen LogP contribution is 2.22. The monoisotopic (exact) mass is 236 g/mol. The molecule has 94 valence electrons. The van der Waals surface area contributed by atoms with Gasteiger partial charge < -0.3 is 10.8 Å². The lowest BCUT2D eigenvalue weighted by atomic mass is 9.95. The number of phenolic OH excluding ortho intramolecular Hbond substituents is 1. The van der Waals surface area contributed by atoms with Gasteiger partial charge >= 0.3 is 0 Å². The maximum absolute atomic E-state index is 11.4. The zero-order valence-corrected chi connectivity index (χ0v) is 10.8. The van der Waals surface area contributed by atoms with E-state index >= 15 is 0 Å². The molecule has 0 fully saturated rings. The van der Waals surface area contributed by atoms with Gasteiger partial charge in [0.2, 0.25) is 5.91 Å². The van der Waals surface area contributed by atoms with Crippen molar-refractivity contribution in [1.29, 1.82) is 0 Å². The number of carbonyl (C=O) groups is 1. The number of amides is 1. The molecule has 0 saturated carbocycles. The third kappa shape index (κ3) is 3.20. The molecular weight excluding hydrogens is 216 g/mol. The number of nitrogens with two attached hydrogens (primary N) is 1. The van der Waals surface area contributed by atoms with Crippen molar-refractivity contribution < 1.29 is 9.90 Å². The topological polar surface area (TPSA) is 66.6 Å². The van der Waals surface area contributed by atoms with Gasteiger partial charge in [-0.2, -0.15) is 0 Å². The second-order valence-electron chi connectivity index (χ2n) is 4.64. The first-order valence-electron chi connectivity index (χ1n) is 5.57. The number of benzene rings is 1. The van der Waals surface area contributed by atoms with Crippen molar-refractivity contribution in [3.05, 3.63) is 28.8 Å². The summed E-state index contributed by atoms with van der Waals surface area (Å²) in [6.07, 6.45) is 0.570. The molecule has 0 aliphatic carbocycles. The highest BCUT2D eigenvalue weighted by molar-refractivity contribution is 5.80. The molecule has 1 atom stereocenters. The van der Waals surface area contributed by atoms with Crippen molar-refractivity contribution in [2.45, 2.75) is 26.3 Å². The van der Waals surface area contributed by atoms with E-state index < -0.39 is 0 Å². The Morgan fingerprint density at radius 3 is 2.18 bits per heavy atom. The molecule has 17 heavy (non-hydrogen) atoms. The van der Waals surface area contributed by atoms with Crippen molar-refractivity contribution in [1.82, 2.24) is 4.90 Å². The second-order valence-corrected chi connectivity index (χ2v) is 4.64. The SMILES string of the molecule is Cc1cc(O)cc(C)c1C[C@@H](C(N)=O)N(C)C. The smallest absolute Gasteiger partial charge is 0.235 e. The van der Waals surface area contributed by atoms with Crippen molar-refractivity contribution in [3.63, 3.8) is 0 Å². The summed E-state index contributed by atoms with van der Waals surface area (Å²) in [5.74, 6) is -0.0777. The van der Waals surface area contributed by atoms with Gasteiger partial charge in [0.1, 0.15) is 5.75 Å². The van der Waals surface area contributed by atoms with E-state index in [9.17, 15) is 9.90 Å². The predicted octanol–water partition coefficient (Wildman–Crippen LogP) is 0.967. The molecule has 0 spiro atoms. The summed E-state index contributed by atoms with van der Waals surface area (Å²) in [5, 5.41) is 9.47. The van der Waals surface area contributed by atoms with Crippen molar-refractivity contribution in [3.8, 4) is 5.75 Å². The van der Waals surface area contributed by atoms with Gasteiger partial charge in [-0.3, -0.25) is 9.69 Å². The van der Waals surface area contributed by atoms with Gasteiger partial charge in [0.25, 0.3) is 0 Å². The lowest BCUT2D eigenvalue weighted by Crippen LogP contribution is -2.42. The van der Waals surface area contributed by atoms with Gasteiger partial charge in [-0.1, -0.05) is 0 Å². The third-order valence-electron chi connectivity index (χ3n) is 3.03. The molecule has 0 aromatic heterocycles. The number of primary amides is 1. The fraction of sp³-hybridized carbons (Fsp3) is 0.462. The molecule has 1 amide bonds. The number of rotatable bonds is 4. The molecule has 0 heterocycles. The van der Waals surface area contributed by atoms with Crippen molar-refractivity contribution >= 4 is 5.91 Å². The Kier molecular flexibility index (Phi) is 4.12. The Labute approximate surface area is 102 Å². The molecule has 1 rings (SSSR count). The van der Waals surface area contributed by atoms with Gasteiger partial charge in [0.15, 0.2) is 0 Å². The summed E-state index contributed by atoms with van der Waals surface area (Å²) < 4.78 is 0. The summed E-state index contributed by atoms with van der Waals surface area (Å²) >= 11 is 0. The predicted molar refractivity (Wildman–Crippen MR) is 68.0 cm³/mol. The first-order valence-corrected chi connectivity index (χ1v) is 5.57. The van der Waals surface area contributed by atoms with Crippen molar-refractivity contribution in [2.75, 3.05) is 14.1 Å². The fourth-order valence-corrected chi connectivity index (χ4v) is 2.02. The molecule has 4 nitrogen and oxygen atoms in total. The zero-order valence-electron chi connectivity index (χ0n) is 10.8. The van der Waals surface area contributed by atoms with Gasteiger partial charge in [-0.05, 0) is 63.2 Å². The second kappa shape index (κ2) is 5.19. The van der Waals surface area contributed by atoms with E-state index in [-0.39, 0.29) is 17.7 Å². The highest BCUT2D eigenvalue weighted by atomic mass is 16.3. The van der Waals surface area contributed by atoms with Crippen LogP contribution in [0.4, 0.5) is 0 Å². The fourth-order valence-electron chi connectivity index (χ4n) is 2.02. The Hall–Kier alpha value is -1.55. The quantitative estimate of drug-likeness (QED) is 0.818.